The lowest BCUT2D eigenvalue weighted by molar-refractivity contribution is -0.112. The molecule has 0 radical (unpaired) electrons. The van der Waals surface area contributed by atoms with Gasteiger partial charge in [0.2, 0.25) is 0 Å². The third-order valence-electron chi connectivity index (χ3n) is 1.45. The van der Waals surface area contributed by atoms with Gasteiger partial charge in [0.05, 0.1) is 4.47 Å². The van der Waals surface area contributed by atoms with Crippen molar-refractivity contribution in [1.82, 2.24) is 0 Å². The fraction of sp³-hybridized carbons (Fsp3) is 0.100. The third kappa shape index (κ3) is 3.11. The summed E-state index contributed by atoms with van der Waals surface area (Å²) in [5, 5.41) is 0. The molecule has 1 nitrogen and oxygen atoms in total. The molecule has 13 heavy (non-hydrogen) atoms. The van der Waals surface area contributed by atoms with Crippen molar-refractivity contribution >= 4 is 27.8 Å². The highest BCUT2D eigenvalue weighted by molar-refractivity contribution is 9.10. The van der Waals surface area contributed by atoms with Crippen LogP contribution in [0.15, 0.2) is 28.7 Å². The molecule has 0 aliphatic rings. The van der Waals surface area contributed by atoms with E-state index in [1.807, 2.05) is 0 Å². The Hall–Kier alpha value is -0.960. The van der Waals surface area contributed by atoms with E-state index in [1.54, 1.807) is 18.2 Å². The molecule has 0 fully saturated rings. The summed E-state index contributed by atoms with van der Waals surface area (Å²) in [6, 6.07) is 4.58. The summed E-state index contributed by atoms with van der Waals surface area (Å²) in [5.74, 6) is -0.333. The van der Waals surface area contributed by atoms with Gasteiger partial charge >= 0.3 is 0 Å². The number of hydrogen-bond donors (Lipinski definition) is 0. The highest BCUT2D eigenvalue weighted by Crippen LogP contribution is 2.17. The highest BCUT2D eigenvalue weighted by atomic mass is 79.9. The molecule has 0 saturated heterocycles. The second kappa shape index (κ2) is 4.33. The van der Waals surface area contributed by atoms with Crippen LogP contribution >= 0.6 is 15.9 Å². The van der Waals surface area contributed by atoms with Crippen LogP contribution in [0.2, 0.25) is 0 Å². The second-order valence-electron chi connectivity index (χ2n) is 2.62. The van der Waals surface area contributed by atoms with Crippen LogP contribution in [-0.2, 0) is 4.79 Å². The topological polar surface area (TPSA) is 17.1 Å². The van der Waals surface area contributed by atoms with Gasteiger partial charge in [0.15, 0.2) is 5.78 Å². The van der Waals surface area contributed by atoms with Crippen molar-refractivity contribution in [3.05, 3.63) is 40.1 Å². The summed E-state index contributed by atoms with van der Waals surface area (Å²) in [4.78, 5) is 10.6. The minimum absolute atomic E-state index is 0.0274. The van der Waals surface area contributed by atoms with Gasteiger partial charge in [-0.3, -0.25) is 4.79 Å². The molecule has 0 heterocycles. The van der Waals surface area contributed by atoms with Gasteiger partial charge in [0.25, 0.3) is 0 Å². The molecule has 3 heteroatoms. The van der Waals surface area contributed by atoms with Gasteiger partial charge in [-0.15, -0.1) is 0 Å². The van der Waals surface area contributed by atoms with Crippen molar-refractivity contribution in [1.29, 1.82) is 0 Å². The molecule has 1 rings (SSSR count). The van der Waals surface area contributed by atoms with Crippen LogP contribution in [0.5, 0.6) is 0 Å². The van der Waals surface area contributed by atoms with Crippen molar-refractivity contribution in [2.24, 2.45) is 0 Å². The Bertz CT molecular complexity index is 358. The molecular formula is C10H8BrFO. The van der Waals surface area contributed by atoms with Crippen molar-refractivity contribution < 1.29 is 9.18 Å². The van der Waals surface area contributed by atoms with E-state index in [4.69, 9.17) is 0 Å². The Kier molecular flexibility index (Phi) is 3.37. The van der Waals surface area contributed by atoms with Crippen LogP contribution in [0.4, 0.5) is 4.39 Å². The largest absolute Gasteiger partial charge is 0.295 e. The molecule has 0 N–H and O–H groups in total. The lowest BCUT2D eigenvalue weighted by Crippen LogP contribution is -1.82. The van der Waals surface area contributed by atoms with E-state index in [0.717, 1.165) is 5.56 Å². The molecule has 0 bridgehead atoms. The quantitative estimate of drug-likeness (QED) is 0.729. The standard InChI is InChI=1S/C10H8BrFO/c1-7(13)2-3-8-4-5-10(12)9(11)6-8/h2-6H,1H3/b3-2+. The first kappa shape index (κ1) is 10.1. The van der Waals surface area contributed by atoms with Crippen molar-refractivity contribution in [3.63, 3.8) is 0 Å². The Morgan fingerprint density at radius 3 is 2.77 bits per heavy atom. The van der Waals surface area contributed by atoms with Gasteiger partial charge in [-0.1, -0.05) is 12.1 Å². The van der Waals surface area contributed by atoms with E-state index >= 15 is 0 Å². The molecule has 0 aliphatic carbocycles. The molecule has 0 amide bonds. The average Bonchev–Trinajstić information content (AvgIpc) is 2.07. The van der Waals surface area contributed by atoms with Crippen LogP contribution in [0, 0.1) is 5.82 Å². The summed E-state index contributed by atoms with van der Waals surface area (Å²) in [7, 11) is 0. The Labute approximate surface area is 84.4 Å². The summed E-state index contributed by atoms with van der Waals surface area (Å²) >= 11 is 3.06. The smallest absolute Gasteiger partial charge is 0.152 e. The first-order valence-corrected chi connectivity index (χ1v) is 4.52. The zero-order chi connectivity index (χ0) is 9.84. The molecule has 0 unspecified atom stereocenters. The number of rotatable bonds is 2. The molecule has 0 spiro atoms. The maximum absolute atomic E-state index is 12.8. The van der Waals surface area contributed by atoms with Crippen molar-refractivity contribution in [3.8, 4) is 0 Å². The zero-order valence-corrected chi connectivity index (χ0v) is 8.64. The maximum atomic E-state index is 12.8. The number of halogens is 2. The summed E-state index contributed by atoms with van der Waals surface area (Å²) in [5.41, 5.74) is 0.795. The lowest BCUT2D eigenvalue weighted by atomic mass is 10.2. The van der Waals surface area contributed by atoms with Crippen LogP contribution < -0.4 is 0 Å². The summed E-state index contributed by atoms with van der Waals surface area (Å²) in [6.07, 6.45) is 3.09. The fourth-order valence-corrected chi connectivity index (χ4v) is 1.23. The predicted molar refractivity (Wildman–Crippen MR) is 53.8 cm³/mol. The summed E-state index contributed by atoms with van der Waals surface area (Å²) in [6.45, 7) is 1.47. The Balaban J connectivity index is 2.92. The van der Waals surface area contributed by atoms with E-state index in [2.05, 4.69) is 15.9 Å². The third-order valence-corrected chi connectivity index (χ3v) is 2.06. The minimum atomic E-state index is -0.306. The lowest BCUT2D eigenvalue weighted by Gasteiger charge is -1.95. The molecular weight excluding hydrogens is 235 g/mol. The molecule has 0 aliphatic heterocycles. The highest BCUT2D eigenvalue weighted by Gasteiger charge is 1.97. The van der Waals surface area contributed by atoms with Crippen LogP contribution in [0.1, 0.15) is 12.5 Å². The van der Waals surface area contributed by atoms with Gasteiger partial charge in [-0.05, 0) is 46.6 Å². The number of hydrogen-bond acceptors (Lipinski definition) is 1. The first-order valence-electron chi connectivity index (χ1n) is 3.73. The molecule has 0 saturated carbocycles. The van der Waals surface area contributed by atoms with Crippen molar-refractivity contribution in [2.45, 2.75) is 6.92 Å². The van der Waals surface area contributed by atoms with Crippen LogP contribution in [0.25, 0.3) is 6.08 Å². The molecule has 0 atom stereocenters. The monoisotopic (exact) mass is 242 g/mol. The Morgan fingerprint density at radius 1 is 1.54 bits per heavy atom. The molecule has 68 valence electrons. The number of ketones is 1. The first-order chi connectivity index (χ1) is 6.09. The van der Waals surface area contributed by atoms with Gasteiger partial charge in [0.1, 0.15) is 5.82 Å². The number of allylic oxidation sites excluding steroid dienone is 1. The van der Waals surface area contributed by atoms with E-state index in [-0.39, 0.29) is 11.6 Å². The molecule has 1 aromatic carbocycles. The van der Waals surface area contributed by atoms with E-state index in [9.17, 15) is 9.18 Å². The summed E-state index contributed by atoms with van der Waals surface area (Å²) < 4.78 is 13.2. The van der Waals surface area contributed by atoms with Gasteiger partial charge in [-0.25, -0.2) is 4.39 Å². The van der Waals surface area contributed by atoms with Crippen LogP contribution in [-0.4, -0.2) is 5.78 Å². The number of benzene rings is 1. The van der Waals surface area contributed by atoms with E-state index < -0.39 is 0 Å². The Morgan fingerprint density at radius 2 is 2.23 bits per heavy atom. The normalized spacial score (nSPS) is 10.7. The SMILES string of the molecule is CC(=O)/C=C/c1ccc(F)c(Br)c1. The number of carbonyl (C=O) groups excluding carboxylic acids is 1. The van der Waals surface area contributed by atoms with Gasteiger partial charge < -0.3 is 0 Å². The fourth-order valence-electron chi connectivity index (χ4n) is 0.830. The molecule has 1 aromatic rings. The van der Waals surface area contributed by atoms with E-state index in [1.165, 1.54) is 19.1 Å². The minimum Gasteiger partial charge on any atom is -0.295 e. The van der Waals surface area contributed by atoms with Gasteiger partial charge in [0, 0.05) is 0 Å². The van der Waals surface area contributed by atoms with Crippen LogP contribution in [0.3, 0.4) is 0 Å². The maximum Gasteiger partial charge on any atom is 0.152 e. The zero-order valence-electron chi connectivity index (χ0n) is 7.05. The average molecular weight is 243 g/mol. The van der Waals surface area contributed by atoms with Gasteiger partial charge in [-0.2, -0.15) is 0 Å². The second-order valence-corrected chi connectivity index (χ2v) is 3.47. The van der Waals surface area contributed by atoms with E-state index in [0.29, 0.717) is 4.47 Å². The predicted octanol–water partition coefficient (Wildman–Crippen LogP) is 3.19. The number of carbonyl (C=O) groups is 1. The van der Waals surface area contributed by atoms with Crippen molar-refractivity contribution in [2.75, 3.05) is 0 Å². The molecule has 0 aromatic heterocycles.